The number of piperidine rings is 1. The molecule has 0 bridgehead atoms. The third kappa shape index (κ3) is 3.66. The summed E-state index contributed by atoms with van der Waals surface area (Å²) in [6.07, 6.45) is 7.95. The molecule has 1 atom stereocenters. The van der Waals surface area contributed by atoms with Crippen molar-refractivity contribution in [1.29, 1.82) is 0 Å². The van der Waals surface area contributed by atoms with Gasteiger partial charge in [-0.1, -0.05) is 30.4 Å². The second-order valence-electron chi connectivity index (χ2n) is 7.25. The Balaban J connectivity index is 1.30. The number of nitrogens with one attached hydrogen (secondary N) is 3. The molecular formula is C21H24N4O3. The van der Waals surface area contributed by atoms with Gasteiger partial charge in [0.05, 0.1) is 5.92 Å². The molecule has 1 aromatic carbocycles. The summed E-state index contributed by atoms with van der Waals surface area (Å²) in [6.45, 7) is 1.76. The topological polar surface area (TPSA) is 97.5 Å². The molecule has 146 valence electrons. The number of benzene rings is 1. The third-order valence-corrected chi connectivity index (χ3v) is 5.52. The highest BCUT2D eigenvalue weighted by Crippen LogP contribution is 2.29. The van der Waals surface area contributed by atoms with Crippen LogP contribution in [0.4, 0.5) is 4.79 Å². The van der Waals surface area contributed by atoms with Gasteiger partial charge in [-0.25, -0.2) is 10.3 Å². The predicted octanol–water partition coefficient (Wildman–Crippen LogP) is 2.50. The van der Waals surface area contributed by atoms with E-state index in [0.717, 1.165) is 29.5 Å². The van der Waals surface area contributed by atoms with E-state index in [-0.39, 0.29) is 17.9 Å². The van der Waals surface area contributed by atoms with Gasteiger partial charge in [-0.05, 0) is 42.0 Å². The molecule has 1 fully saturated rings. The van der Waals surface area contributed by atoms with E-state index < -0.39 is 0 Å². The van der Waals surface area contributed by atoms with Crippen LogP contribution < -0.4 is 10.8 Å². The highest BCUT2D eigenvalue weighted by atomic mass is 16.5. The number of rotatable bonds is 4. The highest BCUT2D eigenvalue weighted by molar-refractivity contribution is 5.83. The third-order valence-electron chi connectivity index (χ3n) is 5.52. The molecule has 2 aliphatic rings. The minimum absolute atomic E-state index is 0.0602. The number of urea groups is 1. The van der Waals surface area contributed by atoms with Crippen LogP contribution in [-0.2, 0) is 11.2 Å². The number of carbonyl (C=O) groups is 2. The lowest BCUT2D eigenvalue weighted by molar-refractivity contribution is -0.131. The summed E-state index contributed by atoms with van der Waals surface area (Å²) < 4.78 is 0. The summed E-state index contributed by atoms with van der Waals surface area (Å²) in [6, 6.07) is 8.09. The molecule has 1 aliphatic carbocycles. The molecule has 4 N–H and O–H groups in total. The quantitative estimate of drug-likeness (QED) is 0.485. The second-order valence-corrected chi connectivity index (χ2v) is 7.25. The van der Waals surface area contributed by atoms with Gasteiger partial charge in [-0.3, -0.25) is 10.0 Å². The number of aromatic nitrogens is 1. The molecule has 1 unspecified atom stereocenters. The van der Waals surface area contributed by atoms with Crippen molar-refractivity contribution in [2.24, 2.45) is 5.92 Å². The largest absolute Gasteiger partial charge is 0.361 e. The van der Waals surface area contributed by atoms with E-state index in [4.69, 9.17) is 5.21 Å². The van der Waals surface area contributed by atoms with E-state index in [2.05, 4.69) is 16.4 Å². The van der Waals surface area contributed by atoms with Gasteiger partial charge in [-0.2, -0.15) is 0 Å². The van der Waals surface area contributed by atoms with Crippen molar-refractivity contribution in [2.75, 3.05) is 19.6 Å². The number of hydroxylamine groups is 1. The van der Waals surface area contributed by atoms with Gasteiger partial charge < -0.3 is 15.2 Å². The Labute approximate surface area is 163 Å². The Morgan fingerprint density at radius 1 is 1.25 bits per heavy atom. The number of allylic oxidation sites excluding steroid dienone is 1. The van der Waals surface area contributed by atoms with Crippen molar-refractivity contribution in [3.63, 3.8) is 0 Å². The smallest absolute Gasteiger partial charge is 0.317 e. The van der Waals surface area contributed by atoms with Crippen LogP contribution in [0.3, 0.4) is 0 Å². The number of aromatic amines is 1. The van der Waals surface area contributed by atoms with E-state index >= 15 is 0 Å². The first-order valence-electron chi connectivity index (χ1n) is 9.57. The van der Waals surface area contributed by atoms with Gasteiger partial charge in [-0.15, -0.1) is 0 Å². The van der Waals surface area contributed by atoms with E-state index in [1.54, 1.807) is 5.48 Å². The van der Waals surface area contributed by atoms with Crippen LogP contribution >= 0.6 is 0 Å². The van der Waals surface area contributed by atoms with Gasteiger partial charge >= 0.3 is 6.03 Å². The lowest BCUT2D eigenvalue weighted by Crippen LogP contribution is -2.45. The van der Waals surface area contributed by atoms with E-state index in [9.17, 15) is 9.59 Å². The molecule has 1 saturated heterocycles. The van der Waals surface area contributed by atoms with Crippen molar-refractivity contribution in [3.8, 4) is 0 Å². The lowest BCUT2D eigenvalue weighted by atomic mass is 9.86. The molecule has 7 heteroatoms. The minimum Gasteiger partial charge on any atom is -0.361 e. The summed E-state index contributed by atoms with van der Waals surface area (Å²) in [7, 11) is 0. The fourth-order valence-corrected chi connectivity index (χ4v) is 3.96. The second kappa shape index (κ2) is 7.90. The maximum Gasteiger partial charge on any atom is 0.317 e. The van der Waals surface area contributed by atoms with Crippen LogP contribution in [0.2, 0.25) is 0 Å². The van der Waals surface area contributed by atoms with Crippen LogP contribution in [0.1, 0.15) is 18.4 Å². The first kappa shape index (κ1) is 18.3. The molecule has 0 spiro atoms. The molecule has 0 radical (unpaired) electrons. The summed E-state index contributed by atoms with van der Waals surface area (Å²) in [4.78, 5) is 29.2. The van der Waals surface area contributed by atoms with Crippen LogP contribution in [0, 0.1) is 5.92 Å². The van der Waals surface area contributed by atoms with Gasteiger partial charge in [0.25, 0.3) is 5.91 Å². The molecular weight excluding hydrogens is 356 g/mol. The van der Waals surface area contributed by atoms with Crippen LogP contribution in [0.15, 0.2) is 53.8 Å². The Morgan fingerprint density at radius 3 is 2.96 bits per heavy atom. The monoisotopic (exact) mass is 380 g/mol. The molecule has 0 saturated carbocycles. The summed E-state index contributed by atoms with van der Waals surface area (Å²) >= 11 is 0. The number of hydrogen-bond donors (Lipinski definition) is 4. The molecule has 1 aromatic heterocycles. The van der Waals surface area contributed by atoms with Gasteiger partial charge in [0, 0.05) is 36.7 Å². The molecule has 2 heterocycles. The van der Waals surface area contributed by atoms with Crippen LogP contribution in [0.5, 0.6) is 0 Å². The Hall–Kier alpha value is -3.06. The molecule has 28 heavy (non-hydrogen) atoms. The SMILES string of the molecule is O=C(NO)C1C=C2CCN(C(=O)NCCc3c[nH]c4ccccc34)CC2=CC1. The van der Waals surface area contributed by atoms with Crippen molar-refractivity contribution in [3.05, 3.63) is 59.3 Å². The molecule has 7 nitrogen and oxygen atoms in total. The van der Waals surface area contributed by atoms with Crippen LogP contribution in [0.25, 0.3) is 10.9 Å². The maximum atomic E-state index is 12.5. The predicted molar refractivity (Wildman–Crippen MR) is 106 cm³/mol. The van der Waals surface area contributed by atoms with Gasteiger partial charge in [0.15, 0.2) is 0 Å². The summed E-state index contributed by atoms with van der Waals surface area (Å²) in [5.74, 6) is -0.722. The number of likely N-dealkylation sites (tertiary alicyclic amines) is 1. The van der Waals surface area contributed by atoms with Crippen LogP contribution in [-0.4, -0.2) is 46.7 Å². The number of para-hydroxylation sites is 1. The Bertz CT molecular complexity index is 959. The van der Waals surface area contributed by atoms with E-state index in [1.165, 1.54) is 10.9 Å². The zero-order valence-corrected chi connectivity index (χ0v) is 15.6. The number of hydrogen-bond acceptors (Lipinski definition) is 3. The van der Waals surface area contributed by atoms with Gasteiger partial charge in [0.2, 0.25) is 0 Å². The number of fused-ring (bicyclic) bond motifs is 2. The van der Waals surface area contributed by atoms with Crippen molar-refractivity contribution in [2.45, 2.75) is 19.3 Å². The zero-order valence-electron chi connectivity index (χ0n) is 15.6. The normalized spacial score (nSPS) is 18.9. The fraction of sp³-hybridized carbons (Fsp3) is 0.333. The Morgan fingerprint density at radius 2 is 2.11 bits per heavy atom. The molecule has 3 amide bonds. The van der Waals surface area contributed by atoms with E-state index in [1.807, 2.05) is 41.4 Å². The summed E-state index contributed by atoms with van der Waals surface area (Å²) in [5.41, 5.74) is 6.22. The maximum absolute atomic E-state index is 12.5. The van der Waals surface area contributed by atoms with Crippen molar-refractivity contribution in [1.82, 2.24) is 20.7 Å². The number of H-pyrrole nitrogens is 1. The zero-order chi connectivity index (χ0) is 19.5. The number of nitrogens with zero attached hydrogens (tertiary/aromatic N) is 1. The molecule has 2 aromatic rings. The number of carbonyl (C=O) groups excluding carboxylic acids is 2. The first-order chi connectivity index (χ1) is 13.7. The average Bonchev–Trinajstić information content (AvgIpc) is 3.15. The first-order valence-corrected chi connectivity index (χ1v) is 9.57. The standard InChI is InChI=1S/C21H24N4O3/c26-20(24-28)15-5-6-17-13-25(10-8-14(17)11-15)21(27)22-9-7-16-12-23-19-4-2-1-3-18(16)19/h1-4,6,11-12,15,23,28H,5,7-10,13H2,(H,22,27)(H,24,26). The molecule has 4 rings (SSSR count). The Kier molecular flexibility index (Phi) is 5.16. The molecule has 1 aliphatic heterocycles. The van der Waals surface area contributed by atoms with Crippen molar-refractivity contribution >= 4 is 22.8 Å². The highest BCUT2D eigenvalue weighted by Gasteiger charge is 2.27. The average molecular weight is 380 g/mol. The fourth-order valence-electron chi connectivity index (χ4n) is 3.96. The van der Waals surface area contributed by atoms with E-state index in [0.29, 0.717) is 26.1 Å². The lowest BCUT2D eigenvalue weighted by Gasteiger charge is -2.33. The number of amides is 3. The van der Waals surface area contributed by atoms with Gasteiger partial charge in [0.1, 0.15) is 0 Å². The minimum atomic E-state index is -0.389. The van der Waals surface area contributed by atoms with Crippen molar-refractivity contribution < 1.29 is 14.8 Å². The summed E-state index contributed by atoms with van der Waals surface area (Å²) in [5, 5.41) is 13.0.